The first-order valence-electron chi connectivity index (χ1n) is 6.95. The number of aromatic nitrogens is 1. The van der Waals surface area contributed by atoms with E-state index in [2.05, 4.69) is 4.98 Å². The van der Waals surface area contributed by atoms with Crippen LogP contribution in [0.3, 0.4) is 0 Å². The van der Waals surface area contributed by atoms with Crippen LogP contribution in [0.2, 0.25) is 0 Å². The minimum absolute atomic E-state index is 0.255. The molecule has 1 aliphatic rings. The standard InChI is InChI=1S/C16H16N2O3/c19-14-8-4-10-18(13-7-2-1-5-11(13)14)16(21)12-6-3-9-15(20)17-12/h1-3,5-7,9,14,19H,4,8,10H2,(H,17,20). The lowest BCUT2D eigenvalue weighted by molar-refractivity contribution is 0.0981. The van der Waals surface area contributed by atoms with Crippen LogP contribution >= 0.6 is 0 Å². The summed E-state index contributed by atoms with van der Waals surface area (Å²) in [7, 11) is 0. The lowest BCUT2D eigenvalue weighted by Gasteiger charge is -2.23. The molecule has 2 N–H and O–H groups in total. The maximum absolute atomic E-state index is 12.6. The van der Waals surface area contributed by atoms with E-state index in [0.29, 0.717) is 25.1 Å². The van der Waals surface area contributed by atoms with E-state index < -0.39 is 6.10 Å². The molecule has 0 spiro atoms. The van der Waals surface area contributed by atoms with E-state index in [9.17, 15) is 14.7 Å². The van der Waals surface area contributed by atoms with Crippen LogP contribution in [0.15, 0.2) is 47.3 Å². The molecule has 1 aromatic carbocycles. The molecule has 0 saturated heterocycles. The zero-order chi connectivity index (χ0) is 14.8. The number of aliphatic hydroxyl groups excluding tert-OH is 1. The van der Waals surface area contributed by atoms with Gasteiger partial charge in [-0.1, -0.05) is 24.3 Å². The zero-order valence-electron chi connectivity index (χ0n) is 11.5. The van der Waals surface area contributed by atoms with Gasteiger partial charge in [0.25, 0.3) is 5.91 Å². The lowest BCUT2D eigenvalue weighted by Crippen LogP contribution is -2.33. The van der Waals surface area contributed by atoms with Crippen molar-refractivity contribution in [2.75, 3.05) is 11.4 Å². The largest absolute Gasteiger partial charge is 0.388 e. The van der Waals surface area contributed by atoms with Gasteiger partial charge in [-0.25, -0.2) is 0 Å². The Morgan fingerprint density at radius 2 is 2.00 bits per heavy atom. The second kappa shape index (κ2) is 5.54. The third-order valence-corrected chi connectivity index (χ3v) is 3.69. The molecular formula is C16H16N2O3. The Labute approximate surface area is 121 Å². The van der Waals surface area contributed by atoms with Gasteiger partial charge in [0.05, 0.1) is 6.10 Å². The molecule has 1 amide bonds. The number of anilines is 1. The van der Waals surface area contributed by atoms with Crippen molar-refractivity contribution in [3.05, 3.63) is 64.1 Å². The average molecular weight is 284 g/mol. The van der Waals surface area contributed by atoms with Crippen LogP contribution in [0, 0.1) is 0 Å². The Kier molecular flexibility index (Phi) is 3.58. The van der Waals surface area contributed by atoms with Crippen LogP contribution in [-0.4, -0.2) is 22.5 Å². The van der Waals surface area contributed by atoms with Gasteiger partial charge in [0.1, 0.15) is 5.69 Å². The van der Waals surface area contributed by atoms with Crippen molar-refractivity contribution in [3.63, 3.8) is 0 Å². The third-order valence-electron chi connectivity index (χ3n) is 3.69. The number of rotatable bonds is 1. The molecule has 21 heavy (non-hydrogen) atoms. The number of amides is 1. The predicted molar refractivity (Wildman–Crippen MR) is 79.4 cm³/mol. The molecule has 0 aliphatic carbocycles. The molecule has 0 fully saturated rings. The summed E-state index contributed by atoms with van der Waals surface area (Å²) < 4.78 is 0. The van der Waals surface area contributed by atoms with E-state index in [1.807, 2.05) is 24.3 Å². The number of nitrogens with zero attached hydrogens (tertiary/aromatic N) is 1. The molecule has 2 heterocycles. The summed E-state index contributed by atoms with van der Waals surface area (Å²) in [6.45, 7) is 0.518. The molecule has 1 aromatic heterocycles. The highest BCUT2D eigenvalue weighted by Crippen LogP contribution is 2.33. The highest BCUT2D eigenvalue weighted by Gasteiger charge is 2.26. The van der Waals surface area contributed by atoms with Crippen LogP contribution in [0.25, 0.3) is 0 Å². The van der Waals surface area contributed by atoms with Crippen molar-refractivity contribution in [1.29, 1.82) is 0 Å². The topological polar surface area (TPSA) is 73.4 Å². The summed E-state index contributed by atoms with van der Waals surface area (Å²) in [4.78, 5) is 28.2. The fourth-order valence-electron chi connectivity index (χ4n) is 2.66. The lowest BCUT2D eigenvalue weighted by atomic mass is 10.0. The van der Waals surface area contributed by atoms with Crippen molar-refractivity contribution in [2.24, 2.45) is 0 Å². The third kappa shape index (κ3) is 2.60. The number of para-hydroxylation sites is 1. The Hall–Kier alpha value is -2.40. The molecular weight excluding hydrogens is 268 g/mol. The minimum atomic E-state index is -0.561. The molecule has 5 heteroatoms. The molecule has 0 radical (unpaired) electrons. The van der Waals surface area contributed by atoms with Gasteiger partial charge in [0.15, 0.2) is 0 Å². The van der Waals surface area contributed by atoms with E-state index in [-0.39, 0.29) is 17.2 Å². The van der Waals surface area contributed by atoms with E-state index >= 15 is 0 Å². The second-order valence-electron chi connectivity index (χ2n) is 5.10. The highest BCUT2D eigenvalue weighted by molar-refractivity contribution is 6.05. The number of aliphatic hydroxyl groups is 1. The Morgan fingerprint density at radius 3 is 2.81 bits per heavy atom. The first kappa shape index (κ1) is 13.6. The maximum Gasteiger partial charge on any atom is 0.274 e. The van der Waals surface area contributed by atoms with E-state index in [4.69, 9.17) is 0 Å². The molecule has 1 aliphatic heterocycles. The summed E-state index contributed by atoms with van der Waals surface area (Å²) in [5.41, 5.74) is 1.41. The molecule has 2 aromatic rings. The Morgan fingerprint density at radius 1 is 1.19 bits per heavy atom. The van der Waals surface area contributed by atoms with Crippen LogP contribution in [0.5, 0.6) is 0 Å². The van der Waals surface area contributed by atoms with Gasteiger partial charge < -0.3 is 15.0 Å². The highest BCUT2D eigenvalue weighted by atomic mass is 16.3. The zero-order valence-corrected chi connectivity index (χ0v) is 11.5. The quantitative estimate of drug-likeness (QED) is 0.839. The fraction of sp³-hybridized carbons (Fsp3) is 0.250. The summed E-state index contributed by atoms with van der Waals surface area (Å²) in [6, 6.07) is 11.9. The number of fused-ring (bicyclic) bond motifs is 1. The van der Waals surface area contributed by atoms with Gasteiger partial charge in [-0.15, -0.1) is 0 Å². The van der Waals surface area contributed by atoms with Gasteiger partial charge >= 0.3 is 0 Å². The van der Waals surface area contributed by atoms with Gasteiger partial charge in [0, 0.05) is 23.9 Å². The van der Waals surface area contributed by atoms with Crippen LogP contribution in [-0.2, 0) is 0 Å². The molecule has 0 saturated carbocycles. The summed E-state index contributed by atoms with van der Waals surface area (Å²) in [6.07, 6.45) is 0.763. The maximum atomic E-state index is 12.6. The predicted octanol–water partition coefficient (Wildman–Crippen LogP) is 1.85. The minimum Gasteiger partial charge on any atom is -0.388 e. The van der Waals surface area contributed by atoms with Crippen molar-refractivity contribution in [1.82, 2.24) is 4.98 Å². The van der Waals surface area contributed by atoms with Crippen molar-refractivity contribution in [2.45, 2.75) is 18.9 Å². The molecule has 1 atom stereocenters. The number of pyridine rings is 1. The van der Waals surface area contributed by atoms with Crippen LogP contribution in [0.4, 0.5) is 5.69 Å². The van der Waals surface area contributed by atoms with Crippen LogP contribution < -0.4 is 10.5 Å². The first-order valence-corrected chi connectivity index (χ1v) is 6.95. The Bertz CT molecular complexity index is 723. The number of aromatic amines is 1. The number of carbonyl (C=O) groups excluding carboxylic acids is 1. The summed E-state index contributed by atoms with van der Waals surface area (Å²) in [5, 5.41) is 10.2. The summed E-state index contributed by atoms with van der Waals surface area (Å²) >= 11 is 0. The van der Waals surface area contributed by atoms with Gasteiger partial charge in [-0.3, -0.25) is 9.59 Å². The molecule has 5 nitrogen and oxygen atoms in total. The SMILES string of the molecule is O=C(c1cccc(=O)[nH]1)N1CCCC(O)c2ccccc21. The first-order chi connectivity index (χ1) is 10.2. The van der Waals surface area contributed by atoms with Gasteiger partial charge in [-0.2, -0.15) is 0 Å². The molecule has 1 unspecified atom stereocenters. The molecule has 108 valence electrons. The molecule has 0 bridgehead atoms. The smallest absolute Gasteiger partial charge is 0.274 e. The Balaban J connectivity index is 2.04. The van der Waals surface area contributed by atoms with E-state index in [1.54, 1.807) is 17.0 Å². The molecule has 3 rings (SSSR count). The van der Waals surface area contributed by atoms with Crippen molar-refractivity contribution >= 4 is 11.6 Å². The van der Waals surface area contributed by atoms with Gasteiger partial charge in [-0.05, 0) is 25.0 Å². The monoisotopic (exact) mass is 284 g/mol. The normalized spacial score (nSPS) is 18.0. The van der Waals surface area contributed by atoms with Gasteiger partial charge in [0.2, 0.25) is 5.56 Å². The number of hydrogen-bond donors (Lipinski definition) is 2. The number of carbonyl (C=O) groups is 1. The summed E-state index contributed by atoms with van der Waals surface area (Å²) in [5.74, 6) is -0.255. The van der Waals surface area contributed by atoms with Crippen molar-refractivity contribution in [3.8, 4) is 0 Å². The number of benzene rings is 1. The fourth-order valence-corrected chi connectivity index (χ4v) is 2.66. The average Bonchev–Trinajstić information content (AvgIpc) is 2.66. The van der Waals surface area contributed by atoms with Crippen molar-refractivity contribution < 1.29 is 9.90 Å². The number of H-pyrrole nitrogens is 1. The van der Waals surface area contributed by atoms with E-state index in [0.717, 1.165) is 5.56 Å². The van der Waals surface area contributed by atoms with Crippen LogP contribution in [0.1, 0.15) is 35.0 Å². The number of nitrogens with one attached hydrogen (secondary N) is 1. The van der Waals surface area contributed by atoms with E-state index in [1.165, 1.54) is 6.07 Å². The number of hydrogen-bond acceptors (Lipinski definition) is 3. The second-order valence-corrected chi connectivity index (χ2v) is 5.10.